The number of hydrogen-bond acceptors (Lipinski definition) is 4. The van der Waals surface area contributed by atoms with Gasteiger partial charge >= 0.3 is 6.09 Å². The van der Waals surface area contributed by atoms with Crippen LogP contribution in [-0.4, -0.2) is 36.7 Å². The molecule has 1 amide bonds. The number of nitrogens with one attached hydrogen (secondary N) is 1. The number of ether oxygens (including phenoxy) is 1. The average Bonchev–Trinajstić information content (AvgIpc) is 2.89. The topological polar surface area (TPSA) is 41.6 Å². The molecule has 0 aliphatic carbocycles. The molecule has 24 heavy (non-hydrogen) atoms. The molecule has 1 unspecified atom stereocenters. The van der Waals surface area contributed by atoms with Crippen LogP contribution >= 0.6 is 11.3 Å². The smallest absolute Gasteiger partial charge is 0.410 e. The van der Waals surface area contributed by atoms with E-state index in [0.29, 0.717) is 12.5 Å². The summed E-state index contributed by atoms with van der Waals surface area (Å²) in [7, 11) is 1.79. The fourth-order valence-corrected chi connectivity index (χ4v) is 3.53. The molecule has 1 heterocycles. The van der Waals surface area contributed by atoms with Crippen molar-refractivity contribution in [2.45, 2.75) is 39.8 Å². The Morgan fingerprint density at radius 1 is 1.33 bits per heavy atom. The molecule has 1 aromatic heterocycles. The monoisotopic (exact) mass is 348 g/mol. The molecule has 0 aliphatic rings. The highest BCUT2D eigenvalue weighted by Crippen LogP contribution is 2.25. The number of thiophene rings is 1. The number of hydrogen-bond donors (Lipinski definition) is 1. The summed E-state index contributed by atoms with van der Waals surface area (Å²) in [5.41, 5.74) is 0.885. The minimum atomic E-state index is -0.452. The van der Waals surface area contributed by atoms with Gasteiger partial charge in [0, 0.05) is 24.8 Å². The third-order valence-electron chi connectivity index (χ3n) is 3.66. The molecule has 1 atom stereocenters. The maximum atomic E-state index is 12.0. The van der Waals surface area contributed by atoms with Crippen molar-refractivity contribution in [2.24, 2.45) is 5.92 Å². The zero-order valence-corrected chi connectivity index (χ0v) is 16.1. The van der Waals surface area contributed by atoms with Gasteiger partial charge in [0.05, 0.1) is 0 Å². The van der Waals surface area contributed by atoms with Crippen LogP contribution in [0, 0.1) is 5.92 Å². The average molecular weight is 349 g/mol. The Bertz CT molecular complexity index is 675. The van der Waals surface area contributed by atoms with Gasteiger partial charge in [0.1, 0.15) is 5.60 Å². The summed E-state index contributed by atoms with van der Waals surface area (Å²) in [5, 5.41) is 7.04. The molecule has 5 heteroatoms. The Morgan fingerprint density at radius 3 is 2.75 bits per heavy atom. The largest absolute Gasteiger partial charge is 0.444 e. The zero-order chi connectivity index (χ0) is 17.7. The predicted molar refractivity (Wildman–Crippen MR) is 102 cm³/mol. The van der Waals surface area contributed by atoms with E-state index >= 15 is 0 Å². The van der Waals surface area contributed by atoms with Crippen LogP contribution in [0.4, 0.5) is 4.79 Å². The molecule has 1 N–H and O–H groups in total. The van der Waals surface area contributed by atoms with Crippen LogP contribution in [0.15, 0.2) is 29.6 Å². The number of carbonyl (C=O) groups is 1. The van der Waals surface area contributed by atoms with Crippen LogP contribution in [0.5, 0.6) is 0 Å². The van der Waals surface area contributed by atoms with Crippen LogP contribution in [0.1, 0.15) is 33.3 Å². The minimum Gasteiger partial charge on any atom is -0.444 e. The number of benzene rings is 1. The van der Waals surface area contributed by atoms with E-state index in [1.807, 2.05) is 20.8 Å². The Morgan fingerprint density at radius 2 is 2.04 bits per heavy atom. The Kier molecular flexibility index (Phi) is 6.24. The molecule has 0 radical (unpaired) electrons. The van der Waals surface area contributed by atoms with Crippen molar-refractivity contribution in [1.82, 2.24) is 10.2 Å². The third-order valence-corrected chi connectivity index (χ3v) is 4.67. The van der Waals surface area contributed by atoms with Crippen LogP contribution in [0.3, 0.4) is 0 Å². The first kappa shape index (κ1) is 18.7. The lowest BCUT2D eigenvalue weighted by Gasteiger charge is -2.26. The summed E-state index contributed by atoms with van der Waals surface area (Å²) < 4.78 is 6.71. The van der Waals surface area contributed by atoms with Crippen molar-refractivity contribution < 1.29 is 9.53 Å². The highest BCUT2D eigenvalue weighted by Gasteiger charge is 2.20. The molecule has 2 rings (SSSR count). The number of fused-ring (bicyclic) bond motifs is 1. The van der Waals surface area contributed by atoms with Gasteiger partial charge in [-0.2, -0.15) is 0 Å². The SMILES string of the molecule is CC(CNCc1csc2ccccc12)CN(C)C(=O)OC(C)(C)C. The summed E-state index contributed by atoms with van der Waals surface area (Å²) in [5.74, 6) is 0.354. The van der Waals surface area contributed by atoms with Gasteiger partial charge in [0.2, 0.25) is 0 Å². The lowest BCUT2D eigenvalue weighted by Crippen LogP contribution is -2.38. The highest BCUT2D eigenvalue weighted by molar-refractivity contribution is 7.17. The maximum absolute atomic E-state index is 12.0. The van der Waals surface area contributed by atoms with E-state index in [1.165, 1.54) is 15.6 Å². The fourth-order valence-electron chi connectivity index (χ4n) is 2.57. The van der Waals surface area contributed by atoms with Gasteiger partial charge in [-0.25, -0.2) is 4.79 Å². The fraction of sp³-hybridized carbons (Fsp3) is 0.526. The van der Waals surface area contributed by atoms with E-state index in [4.69, 9.17) is 4.74 Å². The lowest BCUT2D eigenvalue weighted by atomic mass is 10.1. The summed E-state index contributed by atoms with van der Waals surface area (Å²) in [4.78, 5) is 13.6. The van der Waals surface area contributed by atoms with Crippen molar-refractivity contribution in [3.63, 3.8) is 0 Å². The second-order valence-corrected chi connectivity index (χ2v) is 8.27. The Labute approximate surface area is 148 Å². The van der Waals surface area contributed by atoms with Crippen LogP contribution < -0.4 is 5.32 Å². The van der Waals surface area contributed by atoms with Crippen LogP contribution in [-0.2, 0) is 11.3 Å². The summed E-state index contributed by atoms with van der Waals surface area (Å²) >= 11 is 1.78. The standard InChI is InChI=1S/C19H28N2O2S/c1-14(12-21(5)18(22)23-19(2,3)4)10-20-11-15-13-24-17-9-7-6-8-16(15)17/h6-9,13-14,20H,10-12H2,1-5H3. The van der Waals surface area contributed by atoms with Crippen molar-refractivity contribution in [3.8, 4) is 0 Å². The minimum absolute atomic E-state index is 0.266. The molecular formula is C19H28N2O2S. The second kappa shape index (κ2) is 7.99. The molecule has 0 fully saturated rings. The lowest BCUT2D eigenvalue weighted by molar-refractivity contribution is 0.0277. The van der Waals surface area contributed by atoms with Crippen molar-refractivity contribution >= 4 is 27.5 Å². The molecule has 0 aliphatic heterocycles. The van der Waals surface area contributed by atoms with Gasteiger partial charge in [-0.15, -0.1) is 11.3 Å². The van der Waals surface area contributed by atoms with Gasteiger partial charge in [-0.3, -0.25) is 0 Å². The molecule has 0 saturated heterocycles. The molecule has 4 nitrogen and oxygen atoms in total. The first-order valence-electron chi connectivity index (χ1n) is 8.36. The van der Waals surface area contributed by atoms with E-state index < -0.39 is 5.60 Å². The summed E-state index contributed by atoms with van der Waals surface area (Å²) in [6.45, 7) is 10.2. The quantitative estimate of drug-likeness (QED) is 0.836. The zero-order valence-electron chi connectivity index (χ0n) is 15.3. The van der Waals surface area contributed by atoms with Gasteiger partial charge < -0.3 is 15.0 Å². The van der Waals surface area contributed by atoms with Crippen LogP contribution in [0.2, 0.25) is 0 Å². The third kappa shape index (κ3) is 5.49. The predicted octanol–water partition coefficient (Wildman–Crippen LogP) is 4.49. The Balaban J connectivity index is 1.77. The molecule has 132 valence electrons. The normalized spacial score (nSPS) is 13.0. The molecule has 0 saturated carbocycles. The van der Waals surface area contributed by atoms with Gasteiger partial charge in [-0.1, -0.05) is 25.1 Å². The maximum Gasteiger partial charge on any atom is 0.410 e. The van der Waals surface area contributed by atoms with Gasteiger partial charge in [0.25, 0.3) is 0 Å². The molecular weight excluding hydrogens is 320 g/mol. The second-order valence-electron chi connectivity index (χ2n) is 7.35. The van der Waals surface area contributed by atoms with Gasteiger partial charge in [-0.05, 0) is 55.6 Å². The molecule has 0 bridgehead atoms. The first-order chi connectivity index (χ1) is 11.3. The number of nitrogens with zero attached hydrogens (tertiary/aromatic N) is 1. The van der Waals surface area contributed by atoms with E-state index in [-0.39, 0.29) is 6.09 Å². The first-order valence-corrected chi connectivity index (χ1v) is 9.24. The van der Waals surface area contributed by atoms with Crippen molar-refractivity contribution in [1.29, 1.82) is 0 Å². The number of amides is 1. The Hall–Kier alpha value is -1.59. The van der Waals surface area contributed by atoms with Crippen molar-refractivity contribution in [2.75, 3.05) is 20.1 Å². The highest BCUT2D eigenvalue weighted by atomic mass is 32.1. The number of rotatable bonds is 6. The summed E-state index contributed by atoms with van der Waals surface area (Å²) in [6.07, 6.45) is -0.266. The van der Waals surface area contributed by atoms with E-state index in [2.05, 4.69) is 41.9 Å². The van der Waals surface area contributed by atoms with Crippen LogP contribution in [0.25, 0.3) is 10.1 Å². The number of carbonyl (C=O) groups excluding carboxylic acids is 1. The van der Waals surface area contributed by atoms with E-state index in [0.717, 1.165) is 13.1 Å². The van der Waals surface area contributed by atoms with Crippen molar-refractivity contribution in [3.05, 3.63) is 35.2 Å². The van der Waals surface area contributed by atoms with E-state index in [9.17, 15) is 4.79 Å². The molecule has 1 aromatic carbocycles. The molecule has 0 spiro atoms. The summed E-state index contributed by atoms with van der Waals surface area (Å²) in [6, 6.07) is 8.48. The molecule has 2 aromatic rings. The van der Waals surface area contributed by atoms with E-state index in [1.54, 1.807) is 23.3 Å². The van der Waals surface area contributed by atoms with Gasteiger partial charge in [0.15, 0.2) is 0 Å².